The number of rotatable bonds is 3. The smallest absolute Gasteiger partial charge is 0.238 e. The first-order chi connectivity index (χ1) is 11.7. The molecule has 4 heterocycles. The summed E-state index contributed by atoms with van der Waals surface area (Å²) in [6.07, 6.45) is 4.68. The van der Waals surface area contributed by atoms with E-state index in [0.717, 1.165) is 24.3 Å². The Morgan fingerprint density at radius 2 is 2.17 bits per heavy atom. The average Bonchev–Trinajstić information content (AvgIpc) is 3.21. The summed E-state index contributed by atoms with van der Waals surface area (Å²) in [6.45, 7) is 2.69. The van der Waals surface area contributed by atoms with Crippen molar-refractivity contribution in [2.75, 3.05) is 7.11 Å². The normalized spacial score (nSPS) is 16.9. The Labute approximate surface area is 138 Å². The molecule has 0 aromatic carbocycles. The van der Waals surface area contributed by atoms with Crippen LogP contribution in [0.4, 0.5) is 0 Å². The zero-order valence-electron chi connectivity index (χ0n) is 13.5. The molecule has 0 spiro atoms. The molecule has 0 fully saturated rings. The first-order valence-corrected chi connectivity index (χ1v) is 7.85. The number of hydrogen-bond acceptors (Lipinski definition) is 6. The van der Waals surface area contributed by atoms with Crippen LogP contribution in [-0.4, -0.2) is 41.5 Å². The van der Waals surface area contributed by atoms with E-state index >= 15 is 0 Å². The van der Waals surface area contributed by atoms with Gasteiger partial charge >= 0.3 is 0 Å². The molecule has 1 N–H and O–H groups in total. The summed E-state index contributed by atoms with van der Waals surface area (Å²) in [6, 6.07) is 3.75. The van der Waals surface area contributed by atoms with Crippen molar-refractivity contribution in [2.24, 2.45) is 0 Å². The first kappa shape index (κ1) is 14.8. The van der Waals surface area contributed by atoms with Gasteiger partial charge in [0.15, 0.2) is 11.6 Å². The molecule has 0 unspecified atom stereocenters. The van der Waals surface area contributed by atoms with E-state index in [0.29, 0.717) is 29.6 Å². The molecule has 3 aromatic rings. The number of aromatic nitrogens is 6. The zero-order valence-corrected chi connectivity index (χ0v) is 13.5. The molecule has 1 atom stereocenters. The average molecular weight is 326 g/mol. The number of aliphatic hydroxyl groups excluding tert-OH is 1. The number of ether oxygens (including phenoxy) is 1. The number of pyridine rings is 1. The lowest BCUT2D eigenvalue weighted by Gasteiger charge is -2.16. The van der Waals surface area contributed by atoms with Crippen molar-refractivity contribution in [3.05, 3.63) is 36.2 Å². The first-order valence-electron chi connectivity index (χ1n) is 7.85. The fraction of sp³-hybridized carbons (Fsp3) is 0.375. The third kappa shape index (κ3) is 2.44. The summed E-state index contributed by atoms with van der Waals surface area (Å²) < 4.78 is 9.04. The number of aliphatic hydroxyl groups is 1. The molecule has 24 heavy (non-hydrogen) atoms. The predicted octanol–water partition coefficient (Wildman–Crippen LogP) is 1.67. The highest BCUT2D eigenvalue weighted by molar-refractivity contribution is 5.55. The van der Waals surface area contributed by atoms with Gasteiger partial charge in [0.05, 0.1) is 19.1 Å². The van der Waals surface area contributed by atoms with E-state index in [1.54, 1.807) is 18.1 Å². The van der Waals surface area contributed by atoms with Crippen LogP contribution >= 0.6 is 0 Å². The Morgan fingerprint density at radius 1 is 1.29 bits per heavy atom. The van der Waals surface area contributed by atoms with E-state index in [4.69, 9.17) is 4.74 Å². The molecular formula is C16H18N6O2. The van der Waals surface area contributed by atoms with Gasteiger partial charge in [-0.15, -0.1) is 5.10 Å². The molecule has 4 rings (SSSR count). The number of nitrogens with zero attached hydrogens (tertiary/aromatic N) is 6. The minimum atomic E-state index is -0.560. The van der Waals surface area contributed by atoms with Crippen molar-refractivity contribution in [3.8, 4) is 23.1 Å². The fourth-order valence-electron chi connectivity index (χ4n) is 2.89. The van der Waals surface area contributed by atoms with Gasteiger partial charge in [-0.2, -0.15) is 0 Å². The second-order valence-electron chi connectivity index (χ2n) is 5.82. The van der Waals surface area contributed by atoms with Crippen LogP contribution in [0.5, 0.6) is 5.88 Å². The lowest BCUT2D eigenvalue weighted by Crippen LogP contribution is -2.16. The molecule has 0 saturated carbocycles. The van der Waals surface area contributed by atoms with Gasteiger partial charge in [0.25, 0.3) is 0 Å². The van der Waals surface area contributed by atoms with E-state index in [2.05, 4.69) is 20.1 Å². The standard InChI is InChI=1S/C16H18N6O2/c1-10-8-21(9-17-10)12-6-5-11(18-16(12)24-2)14-19-15-13(23)4-3-7-22(15)20-14/h5-6,8-9,13,23H,3-4,7H2,1-2H3/t13-/m0/s1. The third-order valence-electron chi connectivity index (χ3n) is 4.10. The van der Waals surface area contributed by atoms with Gasteiger partial charge in [0.1, 0.15) is 17.5 Å². The van der Waals surface area contributed by atoms with Gasteiger partial charge in [0.2, 0.25) is 5.88 Å². The van der Waals surface area contributed by atoms with Crippen molar-refractivity contribution in [3.63, 3.8) is 0 Å². The van der Waals surface area contributed by atoms with Crippen LogP contribution in [0.2, 0.25) is 0 Å². The highest BCUT2D eigenvalue weighted by Crippen LogP contribution is 2.28. The minimum absolute atomic E-state index is 0.471. The van der Waals surface area contributed by atoms with Gasteiger partial charge in [-0.3, -0.25) is 0 Å². The third-order valence-corrected chi connectivity index (χ3v) is 4.10. The second-order valence-corrected chi connectivity index (χ2v) is 5.82. The molecule has 0 aliphatic carbocycles. The molecule has 8 nitrogen and oxygen atoms in total. The Morgan fingerprint density at radius 3 is 2.88 bits per heavy atom. The van der Waals surface area contributed by atoms with E-state index < -0.39 is 6.10 Å². The van der Waals surface area contributed by atoms with Crippen molar-refractivity contribution in [2.45, 2.75) is 32.4 Å². The van der Waals surface area contributed by atoms with Crippen molar-refractivity contribution < 1.29 is 9.84 Å². The van der Waals surface area contributed by atoms with Crippen LogP contribution in [0, 0.1) is 6.92 Å². The Kier molecular flexibility index (Phi) is 3.53. The number of fused-ring (bicyclic) bond motifs is 1. The van der Waals surface area contributed by atoms with Crippen LogP contribution in [0.3, 0.4) is 0 Å². The predicted molar refractivity (Wildman–Crippen MR) is 85.9 cm³/mol. The monoisotopic (exact) mass is 326 g/mol. The summed E-state index contributed by atoms with van der Waals surface area (Å²) >= 11 is 0. The molecular weight excluding hydrogens is 308 g/mol. The summed E-state index contributed by atoms with van der Waals surface area (Å²) in [4.78, 5) is 13.2. The van der Waals surface area contributed by atoms with Gasteiger partial charge < -0.3 is 14.4 Å². The Bertz CT molecular complexity index is 885. The maximum absolute atomic E-state index is 10.0. The van der Waals surface area contributed by atoms with Crippen LogP contribution in [0.15, 0.2) is 24.7 Å². The molecule has 0 bridgehead atoms. The van der Waals surface area contributed by atoms with E-state index in [9.17, 15) is 5.11 Å². The molecule has 8 heteroatoms. The number of aryl methyl sites for hydroxylation is 2. The maximum atomic E-state index is 10.0. The summed E-state index contributed by atoms with van der Waals surface area (Å²) in [5.41, 5.74) is 2.32. The molecule has 1 aliphatic rings. The van der Waals surface area contributed by atoms with Crippen LogP contribution < -0.4 is 4.74 Å². The topological polar surface area (TPSA) is 90.9 Å². The molecule has 0 amide bonds. The zero-order chi connectivity index (χ0) is 16.7. The SMILES string of the molecule is COc1nc(-c2nc3n(n2)CCC[C@@H]3O)ccc1-n1cnc(C)c1. The van der Waals surface area contributed by atoms with E-state index in [-0.39, 0.29) is 0 Å². The quantitative estimate of drug-likeness (QED) is 0.787. The highest BCUT2D eigenvalue weighted by Gasteiger charge is 2.23. The minimum Gasteiger partial charge on any atom is -0.479 e. The largest absolute Gasteiger partial charge is 0.479 e. The maximum Gasteiger partial charge on any atom is 0.238 e. The summed E-state index contributed by atoms with van der Waals surface area (Å²) in [5, 5.41) is 14.5. The van der Waals surface area contributed by atoms with E-state index in [1.807, 2.05) is 29.8 Å². The van der Waals surface area contributed by atoms with Crippen LogP contribution in [-0.2, 0) is 6.54 Å². The summed E-state index contributed by atoms with van der Waals surface area (Å²) in [5.74, 6) is 1.57. The lowest BCUT2D eigenvalue weighted by atomic mass is 10.1. The fourth-order valence-corrected chi connectivity index (χ4v) is 2.89. The Balaban J connectivity index is 1.75. The summed E-state index contributed by atoms with van der Waals surface area (Å²) in [7, 11) is 1.58. The van der Waals surface area contributed by atoms with Crippen molar-refractivity contribution in [1.82, 2.24) is 29.3 Å². The van der Waals surface area contributed by atoms with Crippen LogP contribution in [0.1, 0.15) is 30.5 Å². The molecule has 124 valence electrons. The van der Waals surface area contributed by atoms with E-state index in [1.165, 1.54) is 0 Å². The molecule has 3 aromatic heterocycles. The second kappa shape index (κ2) is 5.72. The van der Waals surface area contributed by atoms with Gasteiger partial charge in [-0.25, -0.2) is 19.6 Å². The van der Waals surface area contributed by atoms with Crippen molar-refractivity contribution in [1.29, 1.82) is 0 Å². The van der Waals surface area contributed by atoms with Gasteiger partial charge in [-0.05, 0) is 31.9 Å². The molecule has 0 saturated heterocycles. The van der Waals surface area contributed by atoms with Gasteiger partial charge in [0, 0.05) is 12.7 Å². The molecule has 0 radical (unpaired) electrons. The number of hydrogen-bond donors (Lipinski definition) is 1. The molecule has 1 aliphatic heterocycles. The highest BCUT2D eigenvalue weighted by atomic mass is 16.5. The van der Waals surface area contributed by atoms with Crippen LogP contribution in [0.25, 0.3) is 17.2 Å². The number of imidazole rings is 1. The van der Waals surface area contributed by atoms with Crippen molar-refractivity contribution >= 4 is 0 Å². The van der Waals surface area contributed by atoms with Gasteiger partial charge in [-0.1, -0.05) is 0 Å². The number of methoxy groups -OCH3 is 1. The lowest BCUT2D eigenvalue weighted by molar-refractivity contribution is 0.130. The Hall–Kier alpha value is -2.74.